The van der Waals surface area contributed by atoms with E-state index in [1.165, 1.54) is 0 Å². The third kappa shape index (κ3) is 5.20. The molecule has 1 aliphatic rings. The van der Waals surface area contributed by atoms with Crippen molar-refractivity contribution in [2.45, 2.75) is 31.0 Å². The third-order valence-electron chi connectivity index (χ3n) is 4.69. The van der Waals surface area contributed by atoms with Gasteiger partial charge in [-0.2, -0.15) is 18.4 Å². The van der Waals surface area contributed by atoms with Gasteiger partial charge in [0, 0.05) is 5.56 Å². The van der Waals surface area contributed by atoms with Crippen molar-refractivity contribution in [3.05, 3.63) is 41.3 Å². The average Bonchev–Trinajstić information content (AvgIpc) is 2.65. The molecule has 0 aromatic heterocycles. The number of nitriles is 1. The number of carbonyl (C=O) groups excluding carboxylic acids is 2. The van der Waals surface area contributed by atoms with Crippen molar-refractivity contribution in [1.82, 2.24) is 10.2 Å². The summed E-state index contributed by atoms with van der Waals surface area (Å²) in [5.74, 6) is -4.72. The largest absolute Gasteiger partial charge is 0.406 e. The number of hydrogen-bond donors (Lipinski definition) is 2. The lowest BCUT2D eigenvalue weighted by Crippen LogP contribution is -2.58. The van der Waals surface area contributed by atoms with Crippen LogP contribution in [0.3, 0.4) is 0 Å². The van der Waals surface area contributed by atoms with Crippen molar-refractivity contribution in [3.8, 4) is 6.07 Å². The Morgan fingerprint density at radius 2 is 1.90 bits per heavy atom. The molecule has 2 rings (SSSR count). The highest BCUT2D eigenvalue weighted by Gasteiger charge is 2.46. The summed E-state index contributed by atoms with van der Waals surface area (Å²) in [5, 5.41) is 12.4. The number of nitrogens with one attached hydrogen (secondary N) is 1. The van der Waals surface area contributed by atoms with Crippen molar-refractivity contribution in [2.24, 2.45) is 5.73 Å². The van der Waals surface area contributed by atoms with Gasteiger partial charge < -0.3 is 16.0 Å². The molecule has 1 saturated heterocycles. The zero-order chi connectivity index (χ0) is 21.8. The summed E-state index contributed by atoms with van der Waals surface area (Å²) < 4.78 is 67.4. The van der Waals surface area contributed by atoms with E-state index in [4.69, 9.17) is 5.73 Å². The van der Waals surface area contributed by atoms with Gasteiger partial charge in [-0.15, -0.1) is 0 Å². The molecule has 3 N–H and O–H groups in total. The highest BCUT2D eigenvalue weighted by molar-refractivity contribution is 5.93. The summed E-state index contributed by atoms with van der Waals surface area (Å²) in [6.07, 6.45) is -4.89. The highest BCUT2D eigenvalue weighted by atomic mass is 19.4. The van der Waals surface area contributed by atoms with E-state index in [1.807, 2.05) is 0 Å². The van der Waals surface area contributed by atoms with Gasteiger partial charge in [0.15, 0.2) is 0 Å². The lowest BCUT2D eigenvalue weighted by Gasteiger charge is -2.41. The predicted molar refractivity (Wildman–Crippen MR) is 91.1 cm³/mol. The molecule has 1 heterocycles. The second kappa shape index (κ2) is 8.73. The third-order valence-corrected chi connectivity index (χ3v) is 4.69. The van der Waals surface area contributed by atoms with Crippen molar-refractivity contribution in [3.63, 3.8) is 0 Å². The number of alkyl halides is 3. The molecule has 0 unspecified atom stereocenters. The van der Waals surface area contributed by atoms with Gasteiger partial charge in [-0.25, -0.2) is 8.78 Å². The van der Waals surface area contributed by atoms with E-state index < -0.39 is 59.3 Å². The summed E-state index contributed by atoms with van der Waals surface area (Å²) in [5.41, 5.74) is 2.00. The fourth-order valence-electron chi connectivity index (χ4n) is 3.18. The lowest BCUT2D eigenvalue weighted by molar-refractivity contribution is -0.169. The number of halogens is 5. The number of hydrogen-bond acceptors (Lipinski definition) is 4. The molecule has 157 valence electrons. The molecule has 1 aliphatic heterocycles. The zero-order valence-corrected chi connectivity index (χ0v) is 15.2. The van der Waals surface area contributed by atoms with Crippen LogP contribution >= 0.6 is 0 Å². The number of carbonyl (C=O) groups is 2. The number of rotatable bonds is 6. The minimum Gasteiger partial charge on any atom is -0.366 e. The molecule has 1 aromatic rings. The van der Waals surface area contributed by atoms with Gasteiger partial charge in [0.25, 0.3) is 5.91 Å². The van der Waals surface area contributed by atoms with Crippen LogP contribution in [-0.4, -0.2) is 48.1 Å². The Hall–Kier alpha value is -2.74. The minimum absolute atomic E-state index is 0.0287. The van der Waals surface area contributed by atoms with Crippen LogP contribution in [0.4, 0.5) is 22.0 Å². The highest BCUT2D eigenvalue weighted by Crippen LogP contribution is 2.30. The molecule has 29 heavy (non-hydrogen) atoms. The van der Waals surface area contributed by atoms with Gasteiger partial charge in [0.05, 0.1) is 18.1 Å². The van der Waals surface area contributed by atoms with Gasteiger partial charge >= 0.3 is 6.18 Å². The van der Waals surface area contributed by atoms with Crippen LogP contribution in [0.2, 0.25) is 0 Å². The molecular weight excluding hydrogens is 399 g/mol. The molecule has 1 fully saturated rings. The van der Waals surface area contributed by atoms with E-state index in [1.54, 1.807) is 6.07 Å². The summed E-state index contributed by atoms with van der Waals surface area (Å²) in [4.78, 5) is 24.1. The molecule has 0 aliphatic carbocycles. The topological polar surface area (TPSA) is 99.2 Å². The van der Waals surface area contributed by atoms with Crippen molar-refractivity contribution >= 4 is 11.8 Å². The summed E-state index contributed by atoms with van der Waals surface area (Å²) in [7, 11) is 0. The molecule has 0 bridgehead atoms. The first-order valence-corrected chi connectivity index (χ1v) is 8.61. The molecule has 6 nitrogen and oxygen atoms in total. The van der Waals surface area contributed by atoms with Gasteiger partial charge in [0.2, 0.25) is 5.91 Å². The summed E-state index contributed by atoms with van der Waals surface area (Å²) >= 11 is 0. The smallest absolute Gasteiger partial charge is 0.366 e. The zero-order valence-electron chi connectivity index (χ0n) is 15.2. The maximum absolute atomic E-state index is 14.3. The first-order valence-electron chi connectivity index (χ1n) is 8.61. The van der Waals surface area contributed by atoms with Gasteiger partial charge in [-0.1, -0.05) is 0 Å². The maximum Gasteiger partial charge on any atom is 0.406 e. The van der Waals surface area contributed by atoms with E-state index in [9.17, 15) is 36.8 Å². The Balaban J connectivity index is 2.28. The Bertz CT molecular complexity index is 829. The molecule has 2 amide bonds. The van der Waals surface area contributed by atoms with Crippen LogP contribution in [0.25, 0.3) is 0 Å². The van der Waals surface area contributed by atoms with Gasteiger partial charge in [-0.3, -0.25) is 9.59 Å². The van der Waals surface area contributed by atoms with Crippen LogP contribution in [0.5, 0.6) is 0 Å². The number of nitrogens with zero attached hydrogens (tertiary/aromatic N) is 2. The van der Waals surface area contributed by atoms with E-state index in [0.717, 1.165) is 12.1 Å². The quantitative estimate of drug-likeness (QED) is 0.690. The average molecular weight is 417 g/mol. The molecule has 0 spiro atoms. The molecule has 1 radical (unpaired) electrons. The van der Waals surface area contributed by atoms with E-state index >= 15 is 0 Å². The molecule has 1 aromatic carbocycles. The van der Waals surface area contributed by atoms with Crippen LogP contribution in [0, 0.1) is 29.4 Å². The van der Waals surface area contributed by atoms with Crippen molar-refractivity contribution in [1.29, 1.82) is 5.26 Å². The maximum atomic E-state index is 14.3. The number of primary amides is 1. The fourth-order valence-corrected chi connectivity index (χ4v) is 3.18. The predicted octanol–water partition coefficient (Wildman–Crippen LogP) is 1.85. The monoisotopic (exact) mass is 417 g/mol. The molecule has 0 atom stereocenters. The van der Waals surface area contributed by atoms with Crippen molar-refractivity contribution in [2.75, 3.05) is 19.6 Å². The van der Waals surface area contributed by atoms with Gasteiger partial charge in [-0.05, 0) is 44.5 Å². The Morgan fingerprint density at radius 3 is 2.41 bits per heavy atom. The fraction of sp³-hybridized carbons (Fsp3) is 0.444. The standard InChI is InChI=1S/C18H18F5N4O2/c19-13-3-1-12(16(25)29)15(20)11(13)2-4-14(28)27(10-18(21,22)23)17(9-24)5-7-26-8-6-17/h1,3-4,26H,2,5-8,10H2,(H2,25,29). The minimum atomic E-state index is -4.78. The summed E-state index contributed by atoms with van der Waals surface area (Å²) in [6, 6.07) is 3.40. The number of piperidine rings is 1. The number of amides is 2. The number of nitrogens with two attached hydrogens (primary N) is 1. The van der Waals surface area contributed by atoms with Crippen LogP contribution < -0.4 is 11.1 Å². The van der Waals surface area contributed by atoms with Crippen LogP contribution in [0.15, 0.2) is 12.1 Å². The Labute approximate surface area is 163 Å². The summed E-state index contributed by atoms with van der Waals surface area (Å²) in [6.45, 7) is -1.21. The SMILES string of the molecule is N#CC1(N(CC(F)(F)F)C(=O)[CH]Cc2c(F)ccc(C(N)=O)c2F)CCNCC1. The van der Waals surface area contributed by atoms with E-state index in [0.29, 0.717) is 11.3 Å². The second-order valence-electron chi connectivity index (χ2n) is 6.59. The van der Waals surface area contributed by atoms with Crippen LogP contribution in [-0.2, 0) is 11.2 Å². The number of benzene rings is 1. The molecule has 11 heteroatoms. The normalized spacial score (nSPS) is 16.1. The molecule has 0 saturated carbocycles. The first-order chi connectivity index (χ1) is 13.5. The van der Waals surface area contributed by atoms with E-state index in [2.05, 4.69) is 5.32 Å². The second-order valence-corrected chi connectivity index (χ2v) is 6.59. The van der Waals surface area contributed by atoms with Crippen LogP contribution in [0.1, 0.15) is 28.8 Å². The molecular formula is C18H18F5N4O2. The Kier molecular flexibility index (Phi) is 6.79. The first kappa shape index (κ1) is 22.5. The van der Waals surface area contributed by atoms with Gasteiger partial charge in [0.1, 0.15) is 23.7 Å². The van der Waals surface area contributed by atoms with E-state index in [-0.39, 0.29) is 25.9 Å². The lowest BCUT2D eigenvalue weighted by atomic mass is 9.87. The van der Waals surface area contributed by atoms with Crippen molar-refractivity contribution < 1.29 is 31.5 Å². The Morgan fingerprint density at radius 1 is 1.28 bits per heavy atom.